The Labute approximate surface area is 199 Å². The molecule has 1 spiro atoms. The number of nitrogens with one attached hydrogen (secondary N) is 2. The Bertz CT molecular complexity index is 722. The maximum Gasteiger partial charge on any atom is 0.245 e. The van der Waals surface area contributed by atoms with Crippen LogP contribution in [0.2, 0.25) is 0 Å². The van der Waals surface area contributed by atoms with Crippen LogP contribution in [0, 0.1) is 17.8 Å². The van der Waals surface area contributed by atoms with Crippen molar-refractivity contribution in [1.82, 2.24) is 15.5 Å². The van der Waals surface area contributed by atoms with Gasteiger partial charge in [0.05, 0.1) is 30.6 Å². The van der Waals surface area contributed by atoms with Gasteiger partial charge in [-0.3, -0.25) is 14.4 Å². The van der Waals surface area contributed by atoms with Crippen molar-refractivity contribution in [2.75, 3.05) is 19.7 Å². The minimum atomic E-state index is -1.07. The standard InChI is InChI=1S/C23H38BrN3O5/c1-5-8-10-26-21(30)19-23-11-14(24)18(32-23)16(20(29)25-9-6-2)17(23)22(31)27(19)15(12-28)13(4)7-3/h13-19,28H,5-12H2,1-4H3,(H,25,29)(H,26,30)/t13-,14?,15-,16+,17-,18+,19?,23?/m0/s1. The van der Waals surface area contributed by atoms with Crippen molar-refractivity contribution in [1.29, 1.82) is 0 Å². The fraction of sp³-hybridized carbons (Fsp3) is 0.870. The van der Waals surface area contributed by atoms with Crippen molar-refractivity contribution in [2.45, 2.75) is 88.4 Å². The van der Waals surface area contributed by atoms with Gasteiger partial charge in [0.15, 0.2) is 0 Å². The van der Waals surface area contributed by atoms with Crippen LogP contribution < -0.4 is 10.6 Å². The van der Waals surface area contributed by atoms with Crippen LogP contribution in [0.1, 0.15) is 59.8 Å². The third-order valence-corrected chi connectivity index (χ3v) is 8.35. The van der Waals surface area contributed by atoms with Crippen molar-refractivity contribution in [3.63, 3.8) is 0 Å². The summed E-state index contributed by atoms with van der Waals surface area (Å²) >= 11 is 3.66. The highest BCUT2D eigenvalue weighted by Crippen LogP contribution is 2.60. The number of hydrogen-bond donors (Lipinski definition) is 3. The zero-order valence-electron chi connectivity index (χ0n) is 19.6. The molecule has 9 heteroatoms. The SMILES string of the molecule is CCCCNC(=O)C1N([C@@H](CO)[C@@H](C)CC)C(=O)[C@@H]2[C@@H](C(=O)NCCC)[C@@H]3OC12CC3Br. The molecule has 3 aliphatic rings. The van der Waals surface area contributed by atoms with E-state index in [-0.39, 0.29) is 35.1 Å². The molecule has 3 rings (SSSR count). The van der Waals surface area contributed by atoms with Gasteiger partial charge in [-0.05, 0) is 25.2 Å². The van der Waals surface area contributed by atoms with Crippen molar-refractivity contribution in [2.24, 2.45) is 17.8 Å². The van der Waals surface area contributed by atoms with E-state index in [9.17, 15) is 19.5 Å². The number of unbranched alkanes of at least 4 members (excludes halogenated alkanes) is 1. The molecule has 0 aromatic carbocycles. The van der Waals surface area contributed by atoms with Crippen LogP contribution in [-0.2, 0) is 19.1 Å². The number of carbonyl (C=O) groups excluding carboxylic acids is 3. The molecule has 3 aliphatic heterocycles. The molecule has 182 valence electrons. The summed E-state index contributed by atoms with van der Waals surface area (Å²) in [6.07, 6.45) is 3.35. The fourth-order valence-electron chi connectivity index (χ4n) is 5.69. The summed E-state index contributed by atoms with van der Waals surface area (Å²) in [5.41, 5.74) is -1.07. The Balaban J connectivity index is 2.03. The Morgan fingerprint density at radius 2 is 1.91 bits per heavy atom. The first-order chi connectivity index (χ1) is 15.3. The monoisotopic (exact) mass is 515 g/mol. The van der Waals surface area contributed by atoms with Gasteiger partial charge < -0.3 is 25.4 Å². The molecule has 32 heavy (non-hydrogen) atoms. The Hall–Kier alpha value is -1.19. The van der Waals surface area contributed by atoms with E-state index >= 15 is 0 Å². The number of rotatable bonds is 11. The average Bonchev–Trinajstić information content (AvgIpc) is 3.36. The number of likely N-dealkylation sites (tertiary alicyclic amines) is 1. The van der Waals surface area contributed by atoms with E-state index in [0.29, 0.717) is 19.5 Å². The molecule has 3 unspecified atom stereocenters. The molecular formula is C23H38BrN3O5. The zero-order valence-corrected chi connectivity index (χ0v) is 21.2. The van der Waals surface area contributed by atoms with Crippen LogP contribution in [0.4, 0.5) is 0 Å². The predicted molar refractivity (Wildman–Crippen MR) is 124 cm³/mol. The molecular weight excluding hydrogens is 478 g/mol. The lowest BCUT2D eigenvalue weighted by Gasteiger charge is -2.38. The third-order valence-electron chi connectivity index (χ3n) is 7.50. The van der Waals surface area contributed by atoms with E-state index in [4.69, 9.17) is 4.74 Å². The summed E-state index contributed by atoms with van der Waals surface area (Å²) < 4.78 is 6.45. The second-order valence-electron chi connectivity index (χ2n) is 9.48. The second kappa shape index (κ2) is 10.4. The maximum atomic E-state index is 13.9. The Morgan fingerprint density at radius 3 is 2.50 bits per heavy atom. The molecule has 3 N–H and O–H groups in total. The van der Waals surface area contributed by atoms with Crippen LogP contribution in [0.25, 0.3) is 0 Å². The van der Waals surface area contributed by atoms with E-state index in [2.05, 4.69) is 26.6 Å². The summed E-state index contributed by atoms with van der Waals surface area (Å²) in [7, 11) is 0. The number of halogens is 1. The second-order valence-corrected chi connectivity index (χ2v) is 10.7. The topological polar surface area (TPSA) is 108 Å². The molecule has 3 heterocycles. The van der Waals surface area contributed by atoms with Crippen LogP contribution >= 0.6 is 15.9 Å². The molecule has 3 saturated heterocycles. The summed E-state index contributed by atoms with van der Waals surface area (Å²) in [5.74, 6) is -2.09. The number of aliphatic hydroxyl groups excluding tert-OH is 1. The fourth-order valence-corrected chi connectivity index (χ4v) is 6.63. The molecule has 3 amide bonds. The number of amides is 3. The summed E-state index contributed by atoms with van der Waals surface area (Å²) in [4.78, 5) is 42.0. The molecule has 0 saturated carbocycles. The number of ether oxygens (including phenoxy) is 1. The highest BCUT2D eigenvalue weighted by molar-refractivity contribution is 9.09. The van der Waals surface area contributed by atoms with E-state index < -0.39 is 35.6 Å². The van der Waals surface area contributed by atoms with Gasteiger partial charge in [-0.25, -0.2) is 0 Å². The van der Waals surface area contributed by atoms with Gasteiger partial charge in [0.25, 0.3) is 0 Å². The smallest absolute Gasteiger partial charge is 0.245 e. The van der Waals surface area contributed by atoms with Crippen molar-refractivity contribution in [3.05, 3.63) is 0 Å². The molecule has 8 atom stereocenters. The van der Waals surface area contributed by atoms with Crippen LogP contribution in [0.5, 0.6) is 0 Å². The molecule has 2 bridgehead atoms. The van der Waals surface area contributed by atoms with E-state index in [1.165, 1.54) is 0 Å². The number of fused-ring (bicyclic) bond motifs is 1. The Morgan fingerprint density at radius 1 is 1.22 bits per heavy atom. The molecule has 0 radical (unpaired) electrons. The van der Waals surface area contributed by atoms with E-state index in [1.807, 2.05) is 27.7 Å². The Kier molecular flexibility index (Phi) is 8.25. The maximum absolute atomic E-state index is 13.9. The first-order valence-corrected chi connectivity index (χ1v) is 13.0. The van der Waals surface area contributed by atoms with Gasteiger partial charge in [-0.1, -0.05) is 56.5 Å². The molecule has 0 aromatic heterocycles. The number of carbonyl (C=O) groups is 3. The minimum absolute atomic E-state index is 0.00514. The van der Waals surface area contributed by atoms with Crippen molar-refractivity contribution >= 4 is 33.7 Å². The lowest BCUT2D eigenvalue weighted by Crippen LogP contribution is -2.59. The molecule has 8 nitrogen and oxygen atoms in total. The van der Waals surface area contributed by atoms with Gasteiger partial charge in [0, 0.05) is 17.9 Å². The van der Waals surface area contributed by atoms with Gasteiger partial charge in [0.2, 0.25) is 17.7 Å². The number of hydrogen-bond acceptors (Lipinski definition) is 5. The van der Waals surface area contributed by atoms with Crippen molar-refractivity contribution in [3.8, 4) is 0 Å². The molecule has 0 aromatic rings. The largest absolute Gasteiger partial charge is 0.394 e. The lowest BCUT2D eigenvalue weighted by molar-refractivity contribution is -0.147. The van der Waals surface area contributed by atoms with E-state index in [0.717, 1.165) is 25.7 Å². The van der Waals surface area contributed by atoms with Crippen LogP contribution in [0.3, 0.4) is 0 Å². The van der Waals surface area contributed by atoms with Crippen LogP contribution in [-0.4, -0.2) is 76.0 Å². The summed E-state index contributed by atoms with van der Waals surface area (Å²) in [6.45, 7) is 8.81. The van der Waals surface area contributed by atoms with Crippen molar-refractivity contribution < 1.29 is 24.2 Å². The van der Waals surface area contributed by atoms with Gasteiger partial charge in [0.1, 0.15) is 11.6 Å². The molecule has 0 aliphatic carbocycles. The highest BCUT2D eigenvalue weighted by atomic mass is 79.9. The number of nitrogens with zero attached hydrogens (tertiary/aromatic N) is 1. The summed E-state index contributed by atoms with van der Waals surface area (Å²) in [5, 5.41) is 16.2. The minimum Gasteiger partial charge on any atom is -0.394 e. The predicted octanol–water partition coefficient (Wildman–Crippen LogP) is 1.58. The average molecular weight is 516 g/mol. The van der Waals surface area contributed by atoms with E-state index in [1.54, 1.807) is 4.90 Å². The third kappa shape index (κ3) is 4.09. The normalized spacial score (nSPS) is 35.0. The highest BCUT2D eigenvalue weighted by Gasteiger charge is 2.77. The first kappa shape index (κ1) is 25.4. The molecule has 3 fully saturated rings. The van der Waals surface area contributed by atoms with Crippen LogP contribution in [0.15, 0.2) is 0 Å². The zero-order chi connectivity index (χ0) is 23.6. The first-order valence-electron chi connectivity index (χ1n) is 12.1. The van der Waals surface area contributed by atoms with Gasteiger partial charge in [-0.2, -0.15) is 0 Å². The number of alkyl halides is 1. The summed E-state index contributed by atoms with van der Waals surface area (Å²) in [6, 6.07) is -1.37. The van der Waals surface area contributed by atoms with Gasteiger partial charge in [-0.15, -0.1) is 0 Å². The quantitative estimate of drug-likeness (QED) is 0.286. The number of aliphatic hydroxyl groups is 1. The van der Waals surface area contributed by atoms with Gasteiger partial charge >= 0.3 is 0 Å². The lowest BCUT2D eigenvalue weighted by atomic mass is 9.70.